The zero-order chi connectivity index (χ0) is 31.1. The third-order valence-corrected chi connectivity index (χ3v) is 2.90. The Hall–Kier alpha value is -1.06. The third-order valence-electron chi connectivity index (χ3n) is 2.90. The summed E-state index contributed by atoms with van der Waals surface area (Å²) in [7, 11) is -2.92. The molecule has 0 heterocycles. The fourth-order valence-corrected chi connectivity index (χ4v) is 1.92. The standard InChI is InChI=1S/C17H27NO2/c1-18(2)13-16(17(19)11-5-4-6-12-17)14-7-9-15(20-3)10-8-14/h7-10,16,19H,4-6,11-13H2,1-3H3/i1D3,2D3,3D3,4D2,5D2,6D2,11D2,12D2. The number of methoxy groups -OCH3 is 1. The molecule has 2 rings (SSSR count). The summed E-state index contributed by atoms with van der Waals surface area (Å²) < 4.78 is 155. The van der Waals surface area contributed by atoms with Gasteiger partial charge in [0.25, 0.3) is 0 Å². The maximum Gasteiger partial charge on any atom is 0.118 e. The van der Waals surface area contributed by atoms with Crippen LogP contribution in [-0.2, 0) is 0 Å². The average Bonchev–Trinajstić information content (AvgIpc) is 2.70. The Morgan fingerprint density at radius 1 is 1.30 bits per heavy atom. The molecule has 112 valence electrons. The Kier molecular flexibility index (Phi) is 1.33. The van der Waals surface area contributed by atoms with E-state index in [2.05, 4.69) is 0 Å². The molecule has 1 aliphatic rings. The second-order valence-corrected chi connectivity index (χ2v) is 4.23. The molecule has 20 heavy (non-hydrogen) atoms. The molecule has 0 amide bonds. The minimum absolute atomic E-state index is 0.171. The van der Waals surface area contributed by atoms with E-state index < -0.39 is 76.5 Å². The van der Waals surface area contributed by atoms with Gasteiger partial charge in [-0.05, 0) is 44.4 Å². The molecule has 1 aromatic rings. The van der Waals surface area contributed by atoms with E-state index in [0.717, 1.165) is 24.3 Å². The quantitative estimate of drug-likeness (QED) is 0.906. The smallest absolute Gasteiger partial charge is 0.118 e. The molecular weight excluding hydrogens is 250 g/mol. The number of ether oxygens (including phenoxy) is 1. The molecule has 0 aromatic heterocycles. The van der Waals surface area contributed by atoms with Crippen LogP contribution in [-0.4, -0.2) is 43.1 Å². The van der Waals surface area contributed by atoms with Gasteiger partial charge < -0.3 is 14.7 Å². The highest BCUT2D eigenvalue weighted by Gasteiger charge is 2.38. The summed E-state index contributed by atoms with van der Waals surface area (Å²) in [4.78, 5) is -0.171. The molecule has 1 unspecified atom stereocenters. The van der Waals surface area contributed by atoms with E-state index in [0.29, 0.717) is 0 Å². The molecule has 1 aromatic carbocycles. The van der Waals surface area contributed by atoms with E-state index in [1.165, 1.54) is 0 Å². The highest BCUT2D eigenvalue weighted by molar-refractivity contribution is 5.31. The fraction of sp³-hybridized carbons (Fsp3) is 0.647. The van der Waals surface area contributed by atoms with Crippen molar-refractivity contribution in [2.75, 3.05) is 27.5 Å². The van der Waals surface area contributed by atoms with Gasteiger partial charge in [0.05, 0.1) is 16.8 Å². The highest BCUT2D eigenvalue weighted by atomic mass is 16.5. The Bertz CT molecular complexity index is 996. The van der Waals surface area contributed by atoms with Gasteiger partial charge in [-0.2, -0.15) is 0 Å². The van der Waals surface area contributed by atoms with Crippen LogP contribution in [0, 0.1) is 0 Å². The van der Waals surface area contributed by atoms with E-state index >= 15 is 0 Å². The van der Waals surface area contributed by atoms with Gasteiger partial charge in [0.15, 0.2) is 0 Å². The predicted molar refractivity (Wildman–Crippen MR) is 82.3 cm³/mol. The summed E-state index contributed by atoms with van der Waals surface area (Å²) in [6.07, 6.45) is -19.9. The van der Waals surface area contributed by atoms with Crippen LogP contribution in [0.1, 0.15) is 69.4 Å². The predicted octanol–water partition coefficient (Wildman–Crippen LogP) is 3.04. The number of benzene rings is 1. The van der Waals surface area contributed by atoms with E-state index in [-0.39, 0.29) is 10.6 Å². The maximum atomic E-state index is 11.9. The normalized spacial score (nSPS) is 48.4. The van der Waals surface area contributed by atoms with Crippen molar-refractivity contribution in [1.82, 2.24) is 4.90 Å². The minimum Gasteiger partial charge on any atom is -0.497 e. The van der Waals surface area contributed by atoms with Crippen LogP contribution in [0.4, 0.5) is 0 Å². The van der Waals surface area contributed by atoms with E-state index in [4.69, 9.17) is 30.8 Å². The van der Waals surface area contributed by atoms with E-state index in [1.807, 2.05) is 0 Å². The van der Waals surface area contributed by atoms with Gasteiger partial charge in [-0.3, -0.25) is 0 Å². The first-order valence-electron chi connectivity index (χ1n) is 15.2. The zero-order valence-corrected chi connectivity index (χ0v) is 10.4. The summed E-state index contributed by atoms with van der Waals surface area (Å²) in [6, 6.07) is 3.73. The number of aliphatic hydroxyl groups is 1. The first kappa shape index (κ1) is 4.02. The molecule has 0 aliphatic heterocycles. The Labute approximate surface area is 149 Å². The van der Waals surface area contributed by atoms with Crippen molar-refractivity contribution in [3.8, 4) is 5.75 Å². The Morgan fingerprint density at radius 3 is 2.60 bits per heavy atom. The first-order valence-corrected chi connectivity index (χ1v) is 5.70. The number of hydrogen-bond donors (Lipinski definition) is 1. The first-order chi connectivity index (χ1) is 16.9. The highest BCUT2D eigenvalue weighted by Crippen LogP contribution is 2.40. The molecule has 1 saturated carbocycles. The Balaban J connectivity index is 2.96. The monoisotopic (exact) mass is 296 g/mol. The minimum atomic E-state index is -4.02. The Morgan fingerprint density at radius 2 is 2.00 bits per heavy atom. The van der Waals surface area contributed by atoms with Crippen LogP contribution in [0.3, 0.4) is 0 Å². The van der Waals surface area contributed by atoms with Gasteiger partial charge in [0.2, 0.25) is 0 Å². The maximum absolute atomic E-state index is 11.9. The lowest BCUT2D eigenvalue weighted by atomic mass is 9.72. The van der Waals surface area contributed by atoms with Gasteiger partial charge in [-0.1, -0.05) is 31.3 Å². The molecule has 1 fully saturated rings. The summed E-state index contributed by atoms with van der Waals surface area (Å²) in [6.45, 7) is -8.35. The lowest BCUT2D eigenvalue weighted by Gasteiger charge is -2.40. The topological polar surface area (TPSA) is 32.7 Å². The van der Waals surface area contributed by atoms with Gasteiger partial charge >= 0.3 is 0 Å². The van der Waals surface area contributed by atoms with Crippen molar-refractivity contribution in [3.63, 3.8) is 0 Å². The van der Waals surface area contributed by atoms with Crippen molar-refractivity contribution < 1.29 is 35.9 Å². The van der Waals surface area contributed by atoms with Crippen LogP contribution in [0.5, 0.6) is 5.75 Å². The molecule has 0 spiro atoms. The van der Waals surface area contributed by atoms with Crippen LogP contribution in [0.25, 0.3) is 0 Å². The van der Waals surface area contributed by atoms with Gasteiger partial charge in [0.1, 0.15) is 5.75 Å². The number of nitrogens with zero attached hydrogens (tertiary/aromatic N) is 1. The summed E-state index contributed by atoms with van der Waals surface area (Å²) in [5.74, 6) is -2.70. The zero-order valence-electron chi connectivity index (χ0n) is 29.4. The lowest BCUT2D eigenvalue weighted by Crippen LogP contribution is -2.42. The summed E-state index contributed by atoms with van der Waals surface area (Å²) in [5.41, 5.74) is -4.41. The summed E-state index contributed by atoms with van der Waals surface area (Å²) >= 11 is 0. The third kappa shape index (κ3) is 3.53. The molecule has 3 nitrogen and oxygen atoms in total. The molecule has 0 saturated heterocycles. The van der Waals surface area contributed by atoms with Gasteiger partial charge in [-0.25, -0.2) is 0 Å². The molecule has 1 N–H and O–H groups in total. The molecule has 1 aliphatic carbocycles. The van der Waals surface area contributed by atoms with E-state index in [9.17, 15) is 5.11 Å². The largest absolute Gasteiger partial charge is 0.497 e. The second kappa shape index (κ2) is 6.59. The molecule has 3 heteroatoms. The number of hydrogen-bond acceptors (Lipinski definition) is 3. The molecular formula is C17H27NO2. The van der Waals surface area contributed by atoms with Gasteiger partial charge in [0, 0.05) is 34.4 Å². The number of likely N-dealkylation sites (N-methyl/N-ethyl adjacent to an activating group) is 1. The average molecular weight is 297 g/mol. The van der Waals surface area contributed by atoms with Crippen LogP contribution in [0.15, 0.2) is 24.3 Å². The van der Waals surface area contributed by atoms with Crippen molar-refractivity contribution in [1.29, 1.82) is 0 Å². The molecule has 0 bridgehead atoms. The summed E-state index contributed by atoms with van der Waals surface area (Å²) in [5, 5.41) is 11.9. The number of rotatable bonds is 5. The molecule has 1 atom stereocenters. The van der Waals surface area contributed by atoms with Crippen LogP contribution in [0.2, 0.25) is 0 Å². The van der Waals surface area contributed by atoms with Crippen molar-refractivity contribution in [3.05, 3.63) is 29.8 Å². The van der Waals surface area contributed by atoms with Crippen LogP contribution >= 0.6 is 0 Å². The van der Waals surface area contributed by atoms with Crippen molar-refractivity contribution in [2.24, 2.45) is 0 Å². The van der Waals surface area contributed by atoms with Crippen LogP contribution < -0.4 is 4.74 Å². The fourth-order valence-electron chi connectivity index (χ4n) is 1.92. The lowest BCUT2D eigenvalue weighted by molar-refractivity contribution is -0.0277. The van der Waals surface area contributed by atoms with Crippen molar-refractivity contribution in [2.45, 2.75) is 43.4 Å². The second-order valence-electron chi connectivity index (χ2n) is 4.23. The SMILES string of the molecule is [2H]C([2H])([2H])Oc1ccc(C(CN(C([2H])([2H])[2H])C([2H])([2H])[2H])C2(O)C([2H])([2H])C([2H])([2H])C([2H])([2H])C([2H])([2H])C2([2H])[2H])cc1. The van der Waals surface area contributed by atoms with Gasteiger partial charge in [-0.15, -0.1) is 0 Å². The van der Waals surface area contributed by atoms with Crippen molar-refractivity contribution >= 4 is 0 Å². The van der Waals surface area contributed by atoms with E-state index in [1.54, 1.807) is 0 Å². The molecule has 0 radical (unpaired) electrons.